The number of thiophene rings is 1. The van der Waals surface area contributed by atoms with Crippen molar-refractivity contribution in [3.63, 3.8) is 0 Å². The van der Waals surface area contributed by atoms with Crippen LogP contribution in [0.1, 0.15) is 10.4 Å². The first-order valence-corrected chi connectivity index (χ1v) is 9.57. The van der Waals surface area contributed by atoms with Crippen LogP contribution in [-0.2, 0) is 11.2 Å². The lowest BCUT2D eigenvalue weighted by molar-refractivity contribution is 0.102. The molecule has 0 aliphatic rings. The van der Waals surface area contributed by atoms with E-state index in [2.05, 4.69) is 15.3 Å². The van der Waals surface area contributed by atoms with Crippen molar-refractivity contribution in [3.8, 4) is 11.5 Å². The molecule has 7 nitrogen and oxygen atoms in total. The van der Waals surface area contributed by atoms with Crippen LogP contribution in [0, 0.1) is 0 Å². The molecule has 1 aromatic carbocycles. The Balaban J connectivity index is 1.94. The fourth-order valence-corrected chi connectivity index (χ4v) is 4.21. The molecule has 0 spiro atoms. The van der Waals surface area contributed by atoms with Gasteiger partial charge in [-0.05, 0) is 0 Å². The van der Waals surface area contributed by atoms with Gasteiger partial charge in [0.25, 0.3) is 10.9 Å². The molecule has 0 aliphatic carbocycles. The van der Waals surface area contributed by atoms with Gasteiger partial charge in [-0.15, -0.1) is 11.3 Å². The molecule has 1 amide bonds. The van der Waals surface area contributed by atoms with Crippen LogP contribution in [0.15, 0.2) is 34.9 Å². The maximum absolute atomic E-state index is 12.6. The summed E-state index contributed by atoms with van der Waals surface area (Å²) in [6.45, 7) is 0. The molecule has 0 radical (unpaired) electrons. The van der Waals surface area contributed by atoms with E-state index in [0.717, 1.165) is 0 Å². The van der Waals surface area contributed by atoms with E-state index >= 15 is 0 Å². The van der Waals surface area contributed by atoms with Gasteiger partial charge in [-0.3, -0.25) is 4.79 Å². The lowest BCUT2D eigenvalue weighted by Gasteiger charge is -2.09. The zero-order chi connectivity index (χ0) is 18.0. The molecule has 0 bridgehead atoms. The fraction of sp³-hybridized carbons (Fsp3) is 0.188. The van der Waals surface area contributed by atoms with Gasteiger partial charge in [-0.1, -0.05) is 0 Å². The first kappa shape index (κ1) is 17.5. The summed E-state index contributed by atoms with van der Waals surface area (Å²) in [6.07, 6.45) is 2.86. The summed E-state index contributed by atoms with van der Waals surface area (Å²) in [6, 6.07) is 5.10. The predicted molar refractivity (Wildman–Crippen MR) is 97.2 cm³/mol. The molecule has 0 saturated carbocycles. The van der Waals surface area contributed by atoms with Gasteiger partial charge >= 0.3 is 0 Å². The highest BCUT2D eigenvalue weighted by atomic mass is 32.2. The molecule has 130 valence electrons. The number of carbonyl (C=O) groups is 1. The van der Waals surface area contributed by atoms with Gasteiger partial charge in [0.1, 0.15) is 34.3 Å². The van der Waals surface area contributed by atoms with Crippen LogP contribution < -0.4 is 14.8 Å². The van der Waals surface area contributed by atoms with E-state index < -0.39 is 11.2 Å². The highest BCUT2D eigenvalue weighted by Gasteiger charge is 2.21. The van der Waals surface area contributed by atoms with Crippen LogP contribution >= 0.6 is 11.3 Å². The van der Waals surface area contributed by atoms with E-state index in [1.165, 1.54) is 31.9 Å². The van der Waals surface area contributed by atoms with Gasteiger partial charge in [-0.2, -0.15) is 4.98 Å². The average molecular weight is 377 g/mol. The lowest BCUT2D eigenvalue weighted by Crippen LogP contribution is -2.12. The van der Waals surface area contributed by atoms with Crippen LogP contribution in [-0.4, -0.2) is 40.9 Å². The van der Waals surface area contributed by atoms with Crippen molar-refractivity contribution in [1.29, 1.82) is 0 Å². The summed E-state index contributed by atoms with van der Waals surface area (Å²) < 4.78 is 22.8. The smallest absolute Gasteiger partial charge is 0.265 e. The van der Waals surface area contributed by atoms with Crippen LogP contribution in [0.4, 0.5) is 5.69 Å². The average Bonchev–Trinajstić information content (AvgIpc) is 3.05. The van der Waals surface area contributed by atoms with Crippen molar-refractivity contribution in [3.05, 3.63) is 35.5 Å². The minimum absolute atomic E-state index is 0.326. The van der Waals surface area contributed by atoms with Crippen molar-refractivity contribution >= 4 is 44.3 Å². The summed E-state index contributed by atoms with van der Waals surface area (Å²) in [4.78, 5) is 20.9. The number of amides is 1. The second kappa shape index (κ2) is 7.26. The highest BCUT2D eigenvalue weighted by Crippen LogP contribution is 2.30. The van der Waals surface area contributed by atoms with Gasteiger partial charge in [0, 0.05) is 40.4 Å². The number of anilines is 1. The Kier molecular flexibility index (Phi) is 5.07. The second-order valence-corrected chi connectivity index (χ2v) is 7.19. The first-order valence-electron chi connectivity index (χ1n) is 7.13. The number of methoxy groups -OCH3 is 2. The Labute approximate surface area is 151 Å². The van der Waals surface area contributed by atoms with Gasteiger partial charge in [0.2, 0.25) is 0 Å². The van der Waals surface area contributed by atoms with Crippen LogP contribution in [0.25, 0.3) is 10.2 Å². The third kappa shape index (κ3) is 3.53. The topological polar surface area (TPSA) is 96.4 Å². The number of rotatable bonds is 5. The van der Waals surface area contributed by atoms with Crippen molar-refractivity contribution in [2.45, 2.75) is 5.03 Å². The van der Waals surface area contributed by atoms with Gasteiger partial charge in [-0.25, -0.2) is 4.98 Å². The van der Waals surface area contributed by atoms with Gasteiger partial charge in [0.15, 0.2) is 0 Å². The van der Waals surface area contributed by atoms with Gasteiger partial charge < -0.3 is 19.3 Å². The maximum atomic E-state index is 12.6. The summed E-state index contributed by atoms with van der Waals surface area (Å²) in [5.41, 5.74) is 1.42. The number of hydrogen-bond acceptors (Lipinski definition) is 7. The van der Waals surface area contributed by atoms with Crippen LogP contribution in [0.5, 0.6) is 11.5 Å². The Bertz CT molecular complexity index is 905. The minimum Gasteiger partial charge on any atom is -0.610 e. The number of fused-ring (bicyclic) bond motifs is 1. The summed E-state index contributed by atoms with van der Waals surface area (Å²) in [5, 5.41) is 4.92. The molecule has 0 aliphatic heterocycles. The molecular formula is C16H15N3O4S2. The quantitative estimate of drug-likeness (QED) is 0.542. The molecule has 3 rings (SSSR count). The molecule has 1 atom stereocenters. The Morgan fingerprint density at radius 1 is 1.20 bits per heavy atom. The molecular weight excluding hydrogens is 362 g/mol. The summed E-state index contributed by atoms with van der Waals surface area (Å²) >= 11 is 0.0393. The maximum Gasteiger partial charge on any atom is 0.265 e. The molecule has 25 heavy (non-hydrogen) atoms. The zero-order valence-electron chi connectivity index (χ0n) is 13.7. The number of carbonyl (C=O) groups excluding carboxylic acids is 1. The number of nitrogens with one attached hydrogen (secondary N) is 1. The molecule has 2 heterocycles. The number of ether oxygens (including phenoxy) is 2. The summed E-state index contributed by atoms with van der Waals surface area (Å²) in [5.74, 6) is 0.805. The molecule has 3 aromatic rings. The van der Waals surface area contributed by atoms with Crippen molar-refractivity contribution in [2.75, 3.05) is 25.8 Å². The molecule has 1 N–H and O–H groups in total. The third-order valence-electron chi connectivity index (χ3n) is 3.45. The first-order chi connectivity index (χ1) is 12.0. The largest absolute Gasteiger partial charge is 0.610 e. The number of nitrogens with zero attached hydrogens (tertiary/aromatic N) is 2. The molecule has 9 heteroatoms. The molecule has 1 unspecified atom stereocenters. The van der Waals surface area contributed by atoms with E-state index in [4.69, 9.17) is 9.47 Å². The van der Waals surface area contributed by atoms with E-state index in [9.17, 15) is 9.35 Å². The van der Waals surface area contributed by atoms with E-state index in [-0.39, 0.29) is 5.91 Å². The zero-order valence-corrected chi connectivity index (χ0v) is 15.4. The minimum atomic E-state index is -1.26. The summed E-state index contributed by atoms with van der Waals surface area (Å²) in [7, 11) is 3.08. The Hall–Kier alpha value is -2.36. The van der Waals surface area contributed by atoms with E-state index in [1.807, 2.05) is 0 Å². The lowest BCUT2D eigenvalue weighted by atomic mass is 10.2. The van der Waals surface area contributed by atoms with Crippen molar-refractivity contribution in [2.24, 2.45) is 0 Å². The number of benzene rings is 1. The SMILES string of the molecule is COc1cc(NC(=O)c2csc3c([S+](C)[O-])ncnc23)cc(OC)c1. The normalized spacial score (nSPS) is 12.0. The highest BCUT2D eigenvalue weighted by molar-refractivity contribution is 7.91. The van der Waals surface area contributed by atoms with E-state index in [1.54, 1.807) is 29.8 Å². The standard InChI is InChI=1S/C16H15N3O4S2/c1-22-10-4-9(5-11(6-10)23-2)19-15(20)12-7-24-14-13(12)17-8-18-16(14)25(3)21/h4-8H,1-3H3,(H,19,20). The van der Waals surface area contributed by atoms with E-state index in [0.29, 0.717) is 38.0 Å². The third-order valence-corrected chi connectivity index (χ3v) is 5.41. The van der Waals surface area contributed by atoms with Crippen molar-refractivity contribution in [1.82, 2.24) is 9.97 Å². The monoisotopic (exact) mass is 377 g/mol. The van der Waals surface area contributed by atoms with Crippen LogP contribution in [0.3, 0.4) is 0 Å². The number of hydrogen-bond donors (Lipinski definition) is 1. The Morgan fingerprint density at radius 3 is 2.48 bits per heavy atom. The van der Waals surface area contributed by atoms with Gasteiger partial charge in [0.05, 0.1) is 19.8 Å². The molecule has 0 fully saturated rings. The second-order valence-electron chi connectivity index (χ2n) is 5.02. The molecule has 0 saturated heterocycles. The Morgan fingerprint density at radius 2 is 1.88 bits per heavy atom. The van der Waals surface area contributed by atoms with Crippen LogP contribution in [0.2, 0.25) is 0 Å². The number of aromatic nitrogens is 2. The fourth-order valence-electron chi connectivity index (χ4n) is 2.27. The van der Waals surface area contributed by atoms with Crippen molar-refractivity contribution < 1.29 is 18.8 Å². The molecule has 2 aromatic heterocycles. The predicted octanol–water partition coefficient (Wildman–Crippen LogP) is 2.70.